The van der Waals surface area contributed by atoms with Gasteiger partial charge in [0.2, 0.25) is 11.8 Å². The lowest BCUT2D eigenvalue weighted by atomic mass is 9.89. The molecule has 3 aliphatic rings. The number of rotatable bonds is 13. The number of amides is 4. The zero-order valence-electron chi connectivity index (χ0n) is 41.6. The molecule has 1 aromatic carbocycles. The second-order valence-corrected chi connectivity index (χ2v) is 19.0. The minimum atomic E-state index is -0.704. The molecule has 4 N–H and O–H groups in total. The Bertz CT molecular complexity index is 2530. The number of allylic oxidation sites excluding steroid dienone is 11. The van der Waals surface area contributed by atoms with Crippen molar-refractivity contribution in [2.75, 3.05) is 27.3 Å². The standard InChI is InChI=1S/C54H72N8O6/c1-12-16-38-24-22-34(6)29-39(17-13-18-42-37(9)55-49(56-42)45-19-14-27-61(45)51(63)47(32(2)3)59-53(65)67-10)36(8)23-21-35(7)30-41(38)40-25-26-43-44(31-40)58-50(57-43)46-20-15-28-62(46)52(64)48(33(4)5)60-54(66)68-11/h12-13,16,18,25-26,29-33,45-48H,6,8,14-15,17,19-24,27-28H2,1-5,7,9-11H3,(H,55,56)(H,57,58)(H,59,65)(H,60,66)/b16-12-,18-13-,35-30+,39-29-,41-38-. The number of hydrogen-bond donors (Lipinski definition) is 4. The van der Waals surface area contributed by atoms with Crippen LogP contribution in [-0.4, -0.2) is 93.1 Å². The highest BCUT2D eigenvalue weighted by Crippen LogP contribution is 2.36. The normalized spacial score (nSPS) is 22.3. The highest BCUT2D eigenvalue weighted by molar-refractivity contribution is 5.88. The van der Waals surface area contributed by atoms with Crippen molar-refractivity contribution < 1.29 is 28.7 Å². The molecule has 14 heteroatoms. The Hall–Kier alpha value is -6.44. The van der Waals surface area contributed by atoms with E-state index in [1.165, 1.54) is 25.4 Å². The highest BCUT2D eigenvalue weighted by Gasteiger charge is 2.39. The first kappa shape index (κ1) is 51.0. The number of nitrogens with one attached hydrogen (secondary N) is 4. The van der Waals surface area contributed by atoms with Gasteiger partial charge in [-0.3, -0.25) is 9.59 Å². The number of benzene rings is 1. The van der Waals surface area contributed by atoms with Gasteiger partial charge in [0, 0.05) is 18.8 Å². The summed E-state index contributed by atoms with van der Waals surface area (Å²) >= 11 is 0. The number of alkyl carbamates (subject to hydrolysis) is 2. The number of imidazole rings is 2. The van der Waals surface area contributed by atoms with Crippen LogP contribution in [0.5, 0.6) is 0 Å². The van der Waals surface area contributed by atoms with Gasteiger partial charge in [-0.25, -0.2) is 19.6 Å². The van der Waals surface area contributed by atoms with Gasteiger partial charge >= 0.3 is 12.2 Å². The summed E-state index contributed by atoms with van der Waals surface area (Å²) < 4.78 is 9.62. The van der Waals surface area contributed by atoms with Crippen LogP contribution < -0.4 is 10.6 Å². The quantitative estimate of drug-likeness (QED) is 0.131. The molecule has 4 amide bonds. The second kappa shape index (κ2) is 23.0. The van der Waals surface area contributed by atoms with Gasteiger partial charge in [0.05, 0.1) is 43.0 Å². The van der Waals surface area contributed by atoms with E-state index in [0.29, 0.717) is 19.5 Å². The highest BCUT2D eigenvalue weighted by atomic mass is 16.5. The third kappa shape index (κ3) is 12.2. The first-order valence-electron chi connectivity index (χ1n) is 24.2. The number of hydrogen-bond acceptors (Lipinski definition) is 8. The monoisotopic (exact) mass is 929 g/mol. The van der Waals surface area contributed by atoms with Crippen LogP contribution in [-0.2, 0) is 19.1 Å². The van der Waals surface area contributed by atoms with Crippen molar-refractivity contribution in [1.29, 1.82) is 0 Å². The summed E-state index contributed by atoms with van der Waals surface area (Å²) in [4.78, 5) is 72.4. The van der Waals surface area contributed by atoms with Gasteiger partial charge in [0.1, 0.15) is 23.7 Å². The molecule has 2 fully saturated rings. The van der Waals surface area contributed by atoms with E-state index < -0.39 is 24.3 Å². The molecule has 0 radical (unpaired) electrons. The van der Waals surface area contributed by atoms with Crippen molar-refractivity contribution in [1.82, 2.24) is 40.4 Å². The van der Waals surface area contributed by atoms with Crippen molar-refractivity contribution in [3.8, 4) is 0 Å². The molecule has 4 unspecified atom stereocenters. The summed E-state index contributed by atoms with van der Waals surface area (Å²) in [6.45, 7) is 24.1. The number of aromatic nitrogens is 4. The van der Waals surface area contributed by atoms with Crippen LogP contribution in [0.2, 0.25) is 0 Å². The minimum absolute atomic E-state index is 0.112. The fraction of sp³-hybridized carbons (Fsp3) is 0.481. The Kier molecular flexibility index (Phi) is 17.3. The molecule has 6 rings (SSSR count). The predicted molar refractivity (Wildman–Crippen MR) is 269 cm³/mol. The topological polar surface area (TPSA) is 175 Å². The van der Waals surface area contributed by atoms with Crippen molar-refractivity contribution >= 4 is 46.7 Å². The third-order valence-corrected chi connectivity index (χ3v) is 13.3. The third-order valence-electron chi connectivity index (χ3n) is 13.3. The molecular formula is C54H72N8O6. The van der Waals surface area contributed by atoms with Crippen LogP contribution in [0.15, 0.2) is 89.6 Å². The average molecular weight is 929 g/mol. The van der Waals surface area contributed by atoms with Gasteiger partial charge in [-0.05, 0) is 131 Å². The number of methoxy groups -OCH3 is 2. The van der Waals surface area contributed by atoms with Crippen LogP contribution in [0.1, 0.15) is 140 Å². The van der Waals surface area contributed by atoms with E-state index in [4.69, 9.17) is 19.4 Å². The zero-order chi connectivity index (χ0) is 49.2. The lowest BCUT2D eigenvalue weighted by Gasteiger charge is -2.30. The van der Waals surface area contributed by atoms with E-state index in [9.17, 15) is 19.2 Å². The van der Waals surface area contributed by atoms with Gasteiger partial charge in [-0.1, -0.05) is 94.0 Å². The van der Waals surface area contributed by atoms with E-state index in [0.717, 1.165) is 113 Å². The maximum Gasteiger partial charge on any atom is 0.407 e. The van der Waals surface area contributed by atoms with Crippen LogP contribution in [0.4, 0.5) is 9.59 Å². The van der Waals surface area contributed by atoms with Gasteiger partial charge in [-0.15, -0.1) is 0 Å². The van der Waals surface area contributed by atoms with E-state index in [2.05, 4.69) is 89.3 Å². The number of aromatic amines is 2. The van der Waals surface area contributed by atoms with Crippen molar-refractivity contribution in [2.24, 2.45) is 11.8 Å². The molecule has 2 saturated heterocycles. The summed E-state index contributed by atoms with van der Waals surface area (Å²) in [5, 5.41) is 5.46. The summed E-state index contributed by atoms with van der Waals surface area (Å²) in [6.07, 6.45) is 18.8. The van der Waals surface area contributed by atoms with Crippen LogP contribution in [0.3, 0.4) is 0 Å². The Morgan fingerprint density at radius 3 is 1.99 bits per heavy atom. The zero-order valence-corrected chi connectivity index (χ0v) is 41.6. The number of H-pyrrole nitrogens is 2. The van der Waals surface area contributed by atoms with Crippen LogP contribution >= 0.6 is 0 Å². The molecule has 2 aromatic heterocycles. The van der Waals surface area contributed by atoms with Crippen molar-refractivity contribution in [3.63, 3.8) is 0 Å². The molecule has 0 saturated carbocycles. The van der Waals surface area contributed by atoms with E-state index in [1.54, 1.807) is 0 Å². The largest absolute Gasteiger partial charge is 0.453 e. The van der Waals surface area contributed by atoms with Gasteiger partial charge in [-0.2, -0.15) is 0 Å². The second-order valence-electron chi connectivity index (χ2n) is 19.0. The molecule has 4 heterocycles. The first-order valence-corrected chi connectivity index (χ1v) is 24.2. The molecule has 68 heavy (non-hydrogen) atoms. The Labute approximate surface area is 402 Å². The van der Waals surface area contributed by atoms with Crippen molar-refractivity contribution in [2.45, 2.75) is 130 Å². The molecule has 14 nitrogen and oxygen atoms in total. The molecule has 2 aliphatic heterocycles. The Morgan fingerprint density at radius 2 is 1.41 bits per heavy atom. The SMILES string of the molecule is C=C1/C=C(/C/C=C\c2nc(C3CCCN3C(=O)C(NC(=O)OC)C(C)C)[nH]c2C)C(=C)CC/C(C)=C/C(c2ccc3nc(C4CCCN4C(=O)C(NC(=O)OC)C(C)C)[nH]c3c2)=C(\C=C/C)CC1. The van der Waals surface area contributed by atoms with Crippen LogP contribution in [0, 0.1) is 18.8 Å². The Morgan fingerprint density at radius 1 is 0.809 bits per heavy atom. The fourth-order valence-corrected chi connectivity index (χ4v) is 9.47. The smallest absolute Gasteiger partial charge is 0.407 e. The molecule has 0 bridgehead atoms. The molecule has 1 aliphatic carbocycles. The molecule has 3 aromatic rings. The number of carbonyl (C=O) groups excluding carboxylic acids is 4. The van der Waals surface area contributed by atoms with Gasteiger partial charge in [0.15, 0.2) is 0 Å². The maximum absolute atomic E-state index is 13.8. The average Bonchev–Trinajstić information content (AvgIpc) is 4.15. The number of aryl methyl sites for hydroxylation is 1. The fourth-order valence-electron chi connectivity index (χ4n) is 9.47. The minimum Gasteiger partial charge on any atom is -0.453 e. The van der Waals surface area contributed by atoms with E-state index >= 15 is 0 Å². The predicted octanol–water partition coefficient (Wildman–Crippen LogP) is 10.7. The number of likely N-dealkylation sites (tertiary alicyclic amines) is 2. The number of nitrogens with zero attached hydrogens (tertiary/aromatic N) is 4. The summed E-state index contributed by atoms with van der Waals surface area (Å²) in [7, 11) is 2.60. The first-order chi connectivity index (χ1) is 32.5. The number of carbonyl (C=O) groups is 4. The lowest BCUT2D eigenvalue weighted by molar-refractivity contribution is -0.136. The van der Waals surface area contributed by atoms with Gasteiger partial charge < -0.3 is 39.9 Å². The number of ether oxygens (including phenoxy) is 2. The Balaban J connectivity index is 1.19. The number of fused-ring (bicyclic) bond motifs is 1. The summed E-state index contributed by atoms with van der Waals surface area (Å²) in [5.74, 6) is 0.981. The lowest BCUT2D eigenvalue weighted by Crippen LogP contribution is -2.51. The summed E-state index contributed by atoms with van der Waals surface area (Å²) in [5.41, 5.74) is 11.4. The molecular weight excluding hydrogens is 857 g/mol. The molecule has 364 valence electrons. The summed E-state index contributed by atoms with van der Waals surface area (Å²) in [6, 6.07) is 4.50. The molecule has 4 atom stereocenters. The van der Waals surface area contributed by atoms with E-state index in [-0.39, 0.29) is 35.7 Å². The van der Waals surface area contributed by atoms with E-state index in [1.807, 2.05) is 57.4 Å². The molecule has 0 spiro atoms. The van der Waals surface area contributed by atoms with Crippen LogP contribution in [0.25, 0.3) is 22.7 Å². The van der Waals surface area contributed by atoms with Crippen molar-refractivity contribution in [3.05, 3.63) is 118 Å². The maximum atomic E-state index is 13.8. The van der Waals surface area contributed by atoms with Gasteiger partial charge in [0.25, 0.3) is 0 Å².